The van der Waals surface area contributed by atoms with Gasteiger partial charge in [0, 0.05) is 5.69 Å². The van der Waals surface area contributed by atoms with Gasteiger partial charge in [-0.15, -0.1) is 5.10 Å². The van der Waals surface area contributed by atoms with Crippen LogP contribution in [0, 0.1) is 0 Å². The first-order chi connectivity index (χ1) is 12.9. The number of ether oxygens (including phenoxy) is 2. The number of hydrogen-bond donors (Lipinski definition) is 1. The average Bonchev–Trinajstić information content (AvgIpc) is 3.09. The number of hydrogen-bond acceptors (Lipinski definition) is 7. The standard InChI is InChI=1S/C19H25N3O4S/c1-5-13(4)14-6-8-15(9-7-14)20-19(24)18-16(21-22-27-18)10-25-11-17(23)26-12(2)3/h6-9,12-13H,5,10-11H2,1-4H3,(H,20,24). The van der Waals surface area contributed by atoms with Gasteiger partial charge in [-0.25, -0.2) is 4.79 Å². The fourth-order valence-corrected chi connectivity index (χ4v) is 2.88. The molecule has 0 aliphatic carbocycles. The van der Waals surface area contributed by atoms with Gasteiger partial charge in [0.15, 0.2) is 0 Å². The van der Waals surface area contributed by atoms with Gasteiger partial charge < -0.3 is 14.8 Å². The smallest absolute Gasteiger partial charge is 0.332 e. The number of nitrogens with one attached hydrogen (secondary N) is 1. The van der Waals surface area contributed by atoms with Crippen LogP contribution in [0.15, 0.2) is 24.3 Å². The molecule has 27 heavy (non-hydrogen) atoms. The molecule has 0 saturated heterocycles. The molecule has 2 rings (SSSR count). The van der Waals surface area contributed by atoms with Crippen molar-refractivity contribution in [2.24, 2.45) is 0 Å². The van der Waals surface area contributed by atoms with Crippen LogP contribution in [0.25, 0.3) is 0 Å². The van der Waals surface area contributed by atoms with Crippen molar-refractivity contribution >= 4 is 29.1 Å². The normalized spacial score (nSPS) is 12.0. The second-order valence-corrected chi connectivity index (χ2v) is 7.22. The Balaban J connectivity index is 1.92. The van der Waals surface area contributed by atoms with Crippen molar-refractivity contribution in [2.75, 3.05) is 11.9 Å². The van der Waals surface area contributed by atoms with Crippen molar-refractivity contribution in [1.82, 2.24) is 9.59 Å². The lowest BCUT2D eigenvalue weighted by Gasteiger charge is -2.10. The summed E-state index contributed by atoms with van der Waals surface area (Å²) in [5.74, 6) is -0.281. The second-order valence-electron chi connectivity index (χ2n) is 6.47. The zero-order chi connectivity index (χ0) is 19.8. The van der Waals surface area contributed by atoms with Gasteiger partial charge in [0.1, 0.15) is 17.2 Å². The van der Waals surface area contributed by atoms with Crippen molar-refractivity contribution < 1.29 is 19.1 Å². The van der Waals surface area contributed by atoms with Gasteiger partial charge in [-0.1, -0.05) is 30.5 Å². The molecule has 1 unspecified atom stereocenters. The summed E-state index contributed by atoms with van der Waals surface area (Å²) in [6.45, 7) is 7.65. The molecule has 1 aromatic carbocycles. The Morgan fingerprint density at radius 2 is 1.89 bits per heavy atom. The Kier molecular flexibility index (Phi) is 7.87. The van der Waals surface area contributed by atoms with Gasteiger partial charge in [-0.3, -0.25) is 4.79 Å². The SMILES string of the molecule is CCC(C)c1ccc(NC(=O)c2snnc2COCC(=O)OC(C)C)cc1. The number of aromatic nitrogens is 2. The molecule has 8 heteroatoms. The third-order valence-electron chi connectivity index (χ3n) is 3.94. The maximum atomic E-state index is 12.5. The minimum atomic E-state index is -0.458. The highest BCUT2D eigenvalue weighted by molar-refractivity contribution is 7.08. The summed E-state index contributed by atoms with van der Waals surface area (Å²) >= 11 is 0.989. The van der Waals surface area contributed by atoms with Crippen LogP contribution in [-0.4, -0.2) is 34.2 Å². The summed E-state index contributed by atoms with van der Waals surface area (Å²) in [5.41, 5.74) is 2.33. The molecule has 1 aromatic heterocycles. The van der Waals surface area contributed by atoms with Crippen LogP contribution in [0.2, 0.25) is 0 Å². The van der Waals surface area contributed by atoms with E-state index in [0.717, 1.165) is 18.0 Å². The summed E-state index contributed by atoms with van der Waals surface area (Å²) < 4.78 is 14.1. The quantitative estimate of drug-likeness (QED) is 0.654. The number of anilines is 1. The van der Waals surface area contributed by atoms with E-state index in [-0.39, 0.29) is 25.2 Å². The van der Waals surface area contributed by atoms with Gasteiger partial charge in [-0.2, -0.15) is 0 Å². The Hall–Kier alpha value is -2.32. The Morgan fingerprint density at radius 1 is 1.19 bits per heavy atom. The molecule has 1 amide bonds. The van der Waals surface area contributed by atoms with Gasteiger partial charge in [0.05, 0.1) is 12.7 Å². The maximum absolute atomic E-state index is 12.5. The predicted octanol–water partition coefficient (Wildman–Crippen LogP) is 3.77. The van der Waals surface area contributed by atoms with Crippen LogP contribution in [0.3, 0.4) is 0 Å². The first kappa shape index (κ1) is 21.0. The van der Waals surface area contributed by atoms with Gasteiger partial charge in [-0.05, 0) is 55.4 Å². The third kappa shape index (κ3) is 6.41. The van der Waals surface area contributed by atoms with Crippen molar-refractivity contribution in [3.63, 3.8) is 0 Å². The Morgan fingerprint density at radius 3 is 2.52 bits per heavy atom. The lowest BCUT2D eigenvalue weighted by atomic mass is 9.99. The fourth-order valence-electron chi connectivity index (χ4n) is 2.32. The molecule has 146 valence electrons. The zero-order valence-electron chi connectivity index (χ0n) is 16.0. The first-order valence-corrected chi connectivity index (χ1v) is 9.67. The summed E-state index contributed by atoms with van der Waals surface area (Å²) in [4.78, 5) is 24.3. The maximum Gasteiger partial charge on any atom is 0.332 e. The summed E-state index contributed by atoms with van der Waals surface area (Å²) in [6, 6.07) is 7.79. The van der Waals surface area contributed by atoms with Crippen LogP contribution in [0.5, 0.6) is 0 Å². The number of benzene rings is 1. The van der Waals surface area contributed by atoms with E-state index >= 15 is 0 Å². The van der Waals surface area contributed by atoms with Crippen LogP contribution in [0.1, 0.15) is 61.0 Å². The topological polar surface area (TPSA) is 90.4 Å². The molecule has 0 spiro atoms. The van der Waals surface area contributed by atoms with Gasteiger partial charge in [0.25, 0.3) is 5.91 Å². The molecule has 0 aliphatic heterocycles. The molecular weight excluding hydrogens is 366 g/mol. The molecule has 0 bridgehead atoms. The van der Waals surface area contributed by atoms with Crippen LogP contribution in [0.4, 0.5) is 5.69 Å². The minimum absolute atomic E-state index is 0.0133. The summed E-state index contributed by atoms with van der Waals surface area (Å²) in [5, 5.41) is 6.75. The second kappa shape index (κ2) is 10.1. The van der Waals surface area contributed by atoms with E-state index in [4.69, 9.17) is 9.47 Å². The largest absolute Gasteiger partial charge is 0.461 e. The highest BCUT2D eigenvalue weighted by Crippen LogP contribution is 2.21. The van der Waals surface area contributed by atoms with E-state index in [2.05, 4.69) is 28.8 Å². The van der Waals surface area contributed by atoms with Crippen molar-refractivity contribution in [3.8, 4) is 0 Å². The zero-order valence-corrected chi connectivity index (χ0v) is 16.8. The number of rotatable bonds is 9. The fraction of sp³-hybridized carbons (Fsp3) is 0.474. The highest BCUT2D eigenvalue weighted by Gasteiger charge is 2.17. The number of esters is 1. The number of carbonyl (C=O) groups is 2. The van der Waals surface area contributed by atoms with Crippen LogP contribution < -0.4 is 5.32 Å². The predicted molar refractivity (Wildman–Crippen MR) is 104 cm³/mol. The van der Waals surface area contributed by atoms with E-state index in [1.807, 2.05) is 24.3 Å². The molecule has 0 aliphatic rings. The molecule has 1 heterocycles. The monoisotopic (exact) mass is 391 g/mol. The summed E-state index contributed by atoms with van der Waals surface area (Å²) in [6.07, 6.45) is 0.863. The van der Waals surface area contributed by atoms with Crippen LogP contribution >= 0.6 is 11.5 Å². The molecule has 0 radical (unpaired) electrons. The Bertz CT molecular complexity index is 759. The number of carbonyl (C=O) groups excluding carboxylic acids is 2. The molecule has 2 aromatic rings. The molecule has 0 saturated carbocycles. The molecular formula is C19H25N3O4S. The first-order valence-electron chi connectivity index (χ1n) is 8.90. The molecule has 0 fully saturated rings. The Labute approximate surface area is 163 Å². The van der Waals surface area contributed by atoms with Crippen molar-refractivity contribution in [3.05, 3.63) is 40.4 Å². The van der Waals surface area contributed by atoms with Crippen molar-refractivity contribution in [2.45, 2.75) is 52.7 Å². The van der Waals surface area contributed by atoms with E-state index in [1.54, 1.807) is 13.8 Å². The molecule has 1 atom stereocenters. The van der Waals surface area contributed by atoms with Crippen molar-refractivity contribution in [1.29, 1.82) is 0 Å². The van der Waals surface area contributed by atoms with E-state index < -0.39 is 5.97 Å². The lowest BCUT2D eigenvalue weighted by molar-refractivity contribution is -0.153. The van der Waals surface area contributed by atoms with E-state index in [1.165, 1.54) is 5.56 Å². The molecule has 1 N–H and O–H groups in total. The molecule has 7 nitrogen and oxygen atoms in total. The lowest BCUT2D eigenvalue weighted by Crippen LogP contribution is -2.18. The average molecular weight is 391 g/mol. The van der Waals surface area contributed by atoms with Gasteiger partial charge >= 0.3 is 5.97 Å². The number of amides is 1. The van der Waals surface area contributed by atoms with E-state index in [9.17, 15) is 9.59 Å². The van der Waals surface area contributed by atoms with Crippen LogP contribution in [-0.2, 0) is 20.9 Å². The minimum Gasteiger partial charge on any atom is -0.461 e. The highest BCUT2D eigenvalue weighted by atomic mass is 32.1. The third-order valence-corrected chi connectivity index (χ3v) is 4.70. The van der Waals surface area contributed by atoms with Gasteiger partial charge in [0.2, 0.25) is 0 Å². The number of nitrogens with zero attached hydrogens (tertiary/aromatic N) is 2. The summed E-state index contributed by atoms with van der Waals surface area (Å²) in [7, 11) is 0. The van der Waals surface area contributed by atoms with E-state index in [0.29, 0.717) is 22.2 Å².